The fourth-order valence-corrected chi connectivity index (χ4v) is 18.4. The minimum atomic E-state index is -1.03. The van der Waals surface area contributed by atoms with Crippen LogP contribution < -0.4 is 5.73 Å². The highest BCUT2D eigenvalue weighted by molar-refractivity contribution is 6.00. The van der Waals surface area contributed by atoms with Crippen LogP contribution in [0.5, 0.6) is 0 Å². The monoisotopic (exact) mass is 903 g/mol. The molecule has 0 amide bonds. The van der Waals surface area contributed by atoms with E-state index < -0.39 is 16.4 Å². The van der Waals surface area contributed by atoms with Gasteiger partial charge in [-0.25, -0.2) is 4.79 Å². The Hall–Kier alpha value is -4.98. The summed E-state index contributed by atoms with van der Waals surface area (Å²) in [6.45, 7) is 8.65. The summed E-state index contributed by atoms with van der Waals surface area (Å²) in [5.41, 5.74) is 20.4. The first kappa shape index (κ1) is 40.9. The van der Waals surface area contributed by atoms with Crippen LogP contribution in [-0.4, -0.2) is 60.0 Å². The summed E-state index contributed by atoms with van der Waals surface area (Å²) < 4.78 is 14.4. The van der Waals surface area contributed by atoms with E-state index in [2.05, 4.69) is 109 Å². The molecule has 19 rings (SSSR count). The first-order valence-corrected chi connectivity index (χ1v) is 26.7. The molecule has 4 spiro atoms. The Morgan fingerprint density at radius 2 is 1.75 bits per heavy atom. The lowest BCUT2D eigenvalue weighted by atomic mass is 9.29. The number of nitrogens with two attached hydrogens (primary N) is 1. The van der Waals surface area contributed by atoms with Crippen molar-refractivity contribution >= 4 is 11.9 Å². The summed E-state index contributed by atoms with van der Waals surface area (Å²) in [5.74, 6) is 1.58. The van der Waals surface area contributed by atoms with Crippen LogP contribution in [0.15, 0.2) is 119 Å². The molecule has 3 aromatic carbocycles. The van der Waals surface area contributed by atoms with E-state index in [0.29, 0.717) is 42.3 Å². The molecule has 68 heavy (non-hydrogen) atoms. The van der Waals surface area contributed by atoms with Crippen LogP contribution in [0.4, 0.5) is 0 Å². The number of piperidine rings is 2. The molecule has 7 nitrogen and oxygen atoms in total. The highest BCUT2D eigenvalue weighted by atomic mass is 16.6. The number of carbonyl (C=O) groups is 2. The predicted octanol–water partition coefficient (Wildman–Crippen LogP) is 10.0. The lowest BCUT2D eigenvalue weighted by Crippen LogP contribution is -2.77. The van der Waals surface area contributed by atoms with Crippen LogP contribution in [0.25, 0.3) is 0 Å². The molecule has 1 saturated carbocycles. The van der Waals surface area contributed by atoms with Gasteiger partial charge in [0.2, 0.25) is 0 Å². The van der Waals surface area contributed by atoms with Gasteiger partial charge in [-0.2, -0.15) is 0 Å². The third kappa shape index (κ3) is 5.03. The van der Waals surface area contributed by atoms with Gasteiger partial charge in [0.1, 0.15) is 11.2 Å². The van der Waals surface area contributed by atoms with Crippen molar-refractivity contribution in [2.24, 2.45) is 51.6 Å². The molecule has 19 bridgehead atoms. The quantitative estimate of drug-likeness (QED) is 0.262. The zero-order valence-electron chi connectivity index (χ0n) is 40.0. The number of benzene rings is 3. The van der Waals surface area contributed by atoms with E-state index in [4.69, 9.17) is 15.2 Å². The zero-order valence-corrected chi connectivity index (χ0v) is 40.0. The highest BCUT2D eigenvalue weighted by Gasteiger charge is 2.92. The van der Waals surface area contributed by atoms with Crippen molar-refractivity contribution in [3.8, 4) is 0 Å². The number of aryl methyl sites for hydroxylation is 2. The Morgan fingerprint density at radius 1 is 0.912 bits per heavy atom. The maximum atomic E-state index is 16.2. The van der Waals surface area contributed by atoms with E-state index in [9.17, 15) is 4.79 Å². The molecule has 0 aromatic heterocycles. The number of allylic oxidation sites excluding steroid dienone is 5. The van der Waals surface area contributed by atoms with Gasteiger partial charge >= 0.3 is 11.9 Å². The highest BCUT2D eigenvalue weighted by Crippen LogP contribution is 2.87. The fourth-order valence-electron chi connectivity index (χ4n) is 18.4. The average Bonchev–Trinajstić information content (AvgIpc) is 3.77. The molecular weight excluding hydrogens is 839 g/mol. The normalized spacial score (nSPS) is 40.2. The van der Waals surface area contributed by atoms with E-state index in [-0.39, 0.29) is 35.2 Å². The van der Waals surface area contributed by atoms with Crippen LogP contribution in [0, 0.1) is 45.8 Å². The van der Waals surface area contributed by atoms with Crippen molar-refractivity contribution in [1.82, 2.24) is 9.80 Å². The number of esters is 2. The fraction of sp³-hybridized carbons (Fsp3) is 0.508. The first-order valence-electron chi connectivity index (χ1n) is 26.7. The van der Waals surface area contributed by atoms with Crippen LogP contribution in [0.3, 0.4) is 0 Å². The number of carbonyl (C=O) groups excluding carboxylic acids is 2. The van der Waals surface area contributed by atoms with Gasteiger partial charge in [0.05, 0.1) is 17.0 Å². The number of nitrogens with zero attached hydrogens (tertiary/aromatic N) is 2. The Bertz CT molecular complexity index is 2940. The van der Waals surface area contributed by atoms with Gasteiger partial charge in [-0.3, -0.25) is 9.69 Å². The van der Waals surface area contributed by atoms with E-state index >= 15 is 4.79 Å². The van der Waals surface area contributed by atoms with E-state index in [1.165, 1.54) is 56.5 Å². The molecule has 348 valence electrons. The summed E-state index contributed by atoms with van der Waals surface area (Å²) in [7, 11) is 0. The largest absolute Gasteiger partial charge is 0.449 e. The van der Waals surface area contributed by atoms with Gasteiger partial charge in [0, 0.05) is 54.2 Å². The minimum Gasteiger partial charge on any atom is -0.449 e. The molecule has 0 radical (unpaired) electrons. The number of hydrogen-bond donors (Lipinski definition) is 1. The molecule has 5 aliphatic carbocycles. The average molecular weight is 904 g/mol. The number of ether oxygens (including phenoxy) is 2. The first-order chi connectivity index (χ1) is 33.1. The summed E-state index contributed by atoms with van der Waals surface area (Å²) in [4.78, 5) is 36.9. The third-order valence-corrected chi connectivity index (χ3v) is 20.6. The minimum absolute atomic E-state index is 0.0833. The smallest absolute Gasteiger partial charge is 0.339 e. The summed E-state index contributed by atoms with van der Waals surface area (Å²) >= 11 is 0. The summed E-state index contributed by atoms with van der Waals surface area (Å²) in [6, 6.07) is 24.3. The molecule has 11 aliphatic heterocycles. The number of fused-ring (bicyclic) bond motifs is 6. The second-order valence-electron chi connectivity index (χ2n) is 24.0. The van der Waals surface area contributed by atoms with Crippen molar-refractivity contribution < 1.29 is 19.1 Å². The van der Waals surface area contributed by atoms with Crippen LogP contribution in [0.1, 0.15) is 121 Å². The summed E-state index contributed by atoms with van der Waals surface area (Å²) in [6.07, 6.45) is 22.8. The van der Waals surface area contributed by atoms with Gasteiger partial charge in [-0.1, -0.05) is 103 Å². The van der Waals surface area contributed by atoms with Crippen molar-refractivity contribution in [3.63, 3.8) is 0 Å². The second-order valence-corrected chi connectivity index (χ2v) is 24.0. The lowest BCUT2D eigenvalue weighted by molar-refractivity contribution is -0.275. The summed E-state index contributed by atoms with van der Waals surface area (Å²) in [5, 5.41) is 0. The standard InChI is InChI=1S/C61H65N3O4/c1-35-23-43-17-18-49-45-31-58-30-38-15-13-37(14-16-38)24-40-25-39-7-3-4-11-50-60-48-29-44(28-41(26-39)27-40)52(35)54(55(43)64(49)34-58)46(48)20-21-59(60,51(67-57(60)66)19-12-36(2)63(32-45)33-58)61(50)47-10-5-8-42(9-6-22-62)53(47)56(65)68-61/h5,8,10,13-19,25-27,29,35-36,45,49-50,52,54H,3-4,6-7,9,11-12,20-24,28,30-34,62H2,1-2H3/b51-19-/t35-,36+,45-,49+,50-,52-,54+,58+,59+,60-,61+/m0/s1. The Kier molecular flexibility index (Phi) is 8.47. The topological polar surface area (TPSA) is 85.1 Å². The van der Waals surface area contributed by atoms with E-state index in [1.807, 2.05) is 0 Å². The van der Waals surface area contributed by atoms with Crippen molar-refractivity contribution in [2.75, 3.05) is 26.2 Å². The molecule has 4 fully saturated rings. The number of rotatable bonds is 3. The molecule has 12 atom stereocenters. The molecule has 7 heteroatoms. The Balaban J connectivity index is 1.05. The second kappa shape index (κ2) is 14.1. The van der Waals surface area contributed by atoms with Crippen LogP contribution >= 0.6 is 0 Å². The van der Waals surface area contributed by atoms with Gasteiger partial charge in [-0.05, 0) is 165 Å². The van der Waals surface area contributed by atoms with E-state index in [0.717, 1.165) is 114 Å². The Morgan fingerprint density at radius 3 is 2.62 bits per heavy atom. The van der Waals surface area contributed by atoms with E-state index in [1.54, 1.807) is 5.70 Å². The van der Waals surface area contributed by atoms with Gasteiger partial charge in [-0.15, -0.1) is 0 Å². The molecule has 3 saturated heterocycles. The Labute approximate surface area is 401 Å². The molecule has 3 aromatic rings. The van der Waals surface area contributed by atoms with Crippen LogP contribution in [-0.2, 0) is 52.0 Å². The maximum Gasteiger partial charge on any atom is 0.339 e. The predicted molar refractivity (Wildman–Crippen MR) is 262 cm³/mol. The molecule has 16 aliphatic rings. The van der Waals surface area contributed by atoms with Crippen molar-refractivity contribution in [1.29, 1.82) is 0 Å². The van der Waals surface area contributed by atoms with Crippen molar-refractivity contribution in [3.05, 3.63) is 163 Å². The molecule has 11 heterocycles. The molecule has 2 N–H and O–H groups in total. The lowest BCUT2D eigenvalue weighted by Gasteiger charge is -2.71. The van der Waals surface area contributed by atoms with Gasteiger partial charge in [0.15, 0.2) is 5.60 Å². The number of hydrogen-bond acceptors (Lipinski definition) is 7. The SMILES string of the molecule is C[C@@H]1C/C=C2\OC(=O)[C@@]34C5=C6CC[C@@]23[C@]2(OC(=O)c3c(CCCN)cccc32)[C@H]4CCCCc2cc3cc(c2)Cc2ccc(cc2)C[C@@]24C[C@@H](CN1C2)[C@H]1C=CC2=C([C@H]6[C@H](C(=C5)C3)[C@@H](C)C2)N1C4. The molecule has 1 unspecified atom stereocenters. The molecular formula is C61H65N3O4. The van der Waals surface area contributed by atoms with Gasteiger partial charge < -0.3 is 20.1 Å². The zero-order chi connectivity index (χ0) is 45.5. The van der Waals surface area contributed by atoms with Crippen molar-refractivity contribution in [2.45, 2.75) is 121 Å². The van der Waals surface area contributed by atoms with Crippen LogP contribution in [0.2, 0.25) is 0 Å². The third-order valence-electron chi connectivity index (χ3n) is 20.6. The maximum absolute atomic E-state index is 16.2. The van der Waals surface area contributed by atoms with Gasteiger partial charge in [0.25, 0.3) is 0 Å².